The van der Waals surface area contributed by atoms with Crippen molar-refractivity contribution in [2.75, 3.05) is 0 Å². The van der Waals surface area contributed by atoms with E-state index in [1.807, 2.05) is 58.4 Å². The average molecular weight is 371 g/mol. The number of thiophene rings is 1. The normalized spacial score (nSPS) is 11.1. The molecule has 3 aromatic heterocycles. The van der Waals surface area contributed by atoms with Crippen molar-refractivity contribution < 1.29 is 4.39 Å². The van der Waals surface area contributed by atoms with Crippen LogP contribution in [0.15, 0.2) is 83.6 Å². The van der Waals surface area contributed by atoms with E-state index in [1.165, 1.54) is 12.1 Å². The van der Waals surface area contributed by atoms with Gasteiger partial charge >= 0.3 is 0 Å². The van der Waals surface area contributed by atoms with Gasteiger partial charge in [-0.1, -0.05) is 30.3 Å². The van der Waals surface area contributed by atoms with Crippen molar-refractivity contribution in [3.63, 3.8) is 0 Å². The van der Waals surface area contributed by atoms with Gasteiger partial charge in [0.1, 0.15) is 5.82 Å². The largest absolute Gasteiger partial charge is 0.228 e. The number of hydrogen-bond acceptors (Lipinski definition) is 3. The van der Waals surface area contributed by atoms with Gasteiger partial charge < -0.3 is 0 Å². The molecule has 0 aliphatic heterocycles. The second-order valence-corrected chi connectivity index (χ2v) is 6.99. The number of halogens is 1. The zero-order chi connectivity index (χ0) is 18.2. The summed E-state index contributed by atoms with van der Waals surface area (Å²) < 4.78 is 15.2. The molecule has 27 heavy (non-hydrogen) atoms. The molecule has 0 atom stereocenters. The molecule has 0 aliphatic carbocycles. The minimum Gasteiger partial charge on any atom is -0.228 e. The molecular formula is C22H14FN3S. The highest BCUT2D eigenvalue weighted by molar-refractivity contribution is 7.08. The molecule has 0 radical (unpaired) electrons. The zero-order valence-electron chi connectivity index (χ0n) is 14.2. The minimum atomic E-state index is -0.257. The predicted molar refractivity (Wildman–Crippen MR) is 107 cm³/mol. The standard InChI is InChI=1S/C22H14FN3S/c23-18-8-6-16(7-9-18)21-12-19(17-10-11-27-14-17)24-22-13-20(25-26(21)22)15-4-2-1-3-5-15/h1-14H. The van der Waals surface area contributed by atoms with Crippen LogP contribution in [0.1, 0.15) is 0 Å². The fourth-order valence-electron chi connectivity index (χ4n) is 3.11. The first-order valence-corrected chi connectivity index (χ1v) is 9.47. The second kappa shape index (κ2) is 6.45. The van der Waals surface area contributed by atoms with Gasteiger partial charge in [-0.25, -0.2) is 13.9 Å². The van der Waals surface area contributed by atoms with Crippen LogP contribution in [0.3, 0.4) is 0 Å². The van der Waals surface area contributed by atoms with E-state index < -0.39 is 0 Å². The van der Waals surface area contributed by atoms with E-state index in [0.29, 0.717) is 0 Å². The van der Waals surface area contributed by atoms with Crippen molar-refractivity contribution in [3.8, 4) is 33.8 Å². The number of aromatic nitrogens is 3. The SMILES string of the molecule is Fc1ccc(-c2cc(-c3ccsc3)nc3cc(-c4ccccc4)nn23)cc1. The maximum atomic E-state index is 13.4. The van der Waals surface area contributed by atoms with Gasteiger partial charge in [-0.3, -0.25) is 0 Å². The Labute approximate surface area is 159 Å². The van der Waals surface area contributed by atoms with Gasteiger partial charge in [0, 0.05) is 28.1 Å². The fraction of sp³-hybridized carbons (Fsp3) is 0. The van der Waals surface area contributed by atoms with Crippen molar-refractivity contribution in [2.24, 2.45) is 0 Å². The van der Waals surface area contributed by atoms with E-state index in [-0.39, 0.29) is 5.82 Å². The highest BCUT2D eigenvalue weighted by Gasteiger charge is 2.13. The van der Waals surface area contributed by atoms with Crippen molar-refractivity contribution in [3.05, 3.63) is 89.4 Å². The van der Waals surface area contributed by atoms with E-state index in [0.717, 1.165) is 39.4 Å². The Morgan fingerprint density at radius 1 is 0.778 bits per heavy atom. The summed E-state index contributed by atoms with van der Waals surface area (Å²) in [6.45, 7) is 0. The highest BCUT2D eigenvalue weighted by atomic mass is 32.1. The summed E-state index contributed by atoms with van der Waals surface area (Å²) in [7, 11) is 0. The Morgan fingerprint density at radius 2 is 1.59 bits per heavy atom. The van der Waals surface area contributed by atoms with E-state index in [9.17, 15) is 4.39 Å². The van der Waals surface area contributed by atoms with Gasteiger partial charge in [-0.2, -0.15) is 16.4 Å². The Balaban J connectivity index is 1.77. The van der Waals surface area contributed by atoms with E-state index in [1.54, 1.807) is 23.5 Å². The molecule has 0 saturated heterocycles. The molecule has 0 spiro atoms. The molecule has 0 aliphatic rings. The monoisotopic (exact) mass is 371 g/mol. The molecule has 0 N–H and O–H groups in total. The van der Waals surface area contributed by atoms with Crippen LogP contribution in [0.2, 0.25) is 0 Å². The third kappa shape index (κ3) is 2.92. The van der Waals surface area contributed by atoms with Crippen LogP contribution in [0.4, 0.5) is 4.39 Å². The lowest BCUT2D eigenvalue weighted by Crippen LogP contribution is -1.98. The second-order valence-electron chi connectivity index (χ2n) is 6.21. The average Bonchev–Trinajstić information content (AvgIpc) is 3.38. The van der Waals surface area contributed by atoms with Gasteiger partial charge in [0.05, 0.1) is 17.1 Å². The van der Waals surface area contributed by atoms with E-state index in [2.05, 4.69) is 5.38 Å². The quantitative estimate of drug-likeness (QED) is 0.393. The fourth-order valence-corrected chi connectivity index (χ4v) is 3.76. The third-order valence-electron chi connectivity index (χ3n) is 4.45. The number of nitrogens with zero attached hydrogens (tertiary/aromatic N) is 3. The lowest BCUT2D eigenvalue weighted by Gasteiger charge is -2.08. The molecule has 5 aromatic rings. The van der Waals surface area contributed by atoms with Crippen LogP contribution < -0.4 is 0 Å². The summed E-state index contributed by atoms with van der Waals surface area (Å²) in [5.74, 6) is -0.257. The number of hydrogen-bond donors (Lipinski definition) is 0. The number of fused-ring (bicyclic) bond motifs is 1. The Hall–Kier alpha value is -3.31. The maximum Gasteiger partial charge on any atom is 0.156 e. The molecule has 0 saturated carbocycles. The van der Waals surface area contributed by atoms with Crippen LogP contribution in [-0.2, 0) is 0 Å². The molecule has 0 bridgehead atoms. The molecule has 5 heteroatoms. The lowest BCUT2D eigenvalue weighted by molar-refractivity contribution is 0.628. The molecule has 0 amide bonds. The molecule has 0 unspecified atom stereocenters. The summed E-state index contributed by atoms with van der Waals surface area (Å²) in [5, 5.41) is 8.87. The van der Waals surface area contributed by atoms with Crippen LogP contribution in [0, 0.1) is 5.82 Å². The minimum absolute atomic E-state index is 0.257. The highest BCUT2D eigenvalue weighted by Crippen LogP contribution is 2.29. The lowest BCUT2D eigenvalue weighted by atomic mass is 10.1. The van der Waals surface area contributed by atoms with Crippen LogP contribution in [-0.4, -0.2) is 14.6 Å². The Bertz CT molecular complexity index is 1210. The van der Waals surface area contributed by atoms with Gasteiger partial charge in [0.2, 0.25) is 0 Å². The first-order chi connectivity index (χ1) is 13.3. The van der Waals surface area contributed by atoms with E-state index >= 15 is 0 Å². The van der Waals surface area contributed by atoms with Gasteiger partial charge in [-0.15, -0.1) is 0 Å². The van der Waals surface area contributed by atoms with Crippen LogP contribution in [0.5, 0.6) is 0 Å². The molecular weight excluding hydrogens is 357 g/mol. The summed E-state index contributed by atoms with van der Waals surface area (Å²) in [5.41, 5.74) is 6.36. The van der Waals surface area contributed by atoms with Crippen molar-refractivity contribution in [2.45, 2.75) is 0 Å². The molecule has 2 aromatic carbocycles. The molecule has 0 fully saturated rings. The molecule has 3 heterocycles. The van der Waals surface area contributed by atoms with E-state index in [4.69, 9.17) is 10.1 Å². The summed E-state index contributed by atoms with van der Waals surface area (Å²) in [6, 6.07) is 22.5. The number of rotatable bonds is 3. The predicted octanol–water partition coefficient (Wildman–Crippen LogP) is 5.93. The van der Waals surface area contributed by atoms with Crippen LogP contribution in [0.25, 0.3) is 39.4 Å². The smallest absolute Gasteiger partial charge is 0.156 e. The summed E-state index contributed by atoms with van der Waals surface area (Å²) in [6.07, 6.45) is 0. The Morgan fingerprint density at radius 3 is 2.33 bits per heavy atom. The van der Waals surface area contributed by atoms with Gasteiger partial charge in [0.15, 0.2) is 5.65 Å². The summed E-state index contributed by atoms with van der Waals surface area (Å²) in [4.78, 5) is 4.80. The van der Waals surface area contributed by atoms with Gasteiger partial charge in [-0.05, 0) is 41.8 Å². The van der Waals surface area contributed by atoms with Crippen molar-refractivity contribution in [1.29, 1.82) is 0 Å². The maximum absolute atomic E-state index is 13.4. The third-order valence-corrected chi connectivity index (χ3v) is 5.14. The molecule has 5 rings (SSSR count). The zero-order valence-corrected chi connectivity index (χ0v) is 15.0. The molecule has 130 valence electrons. The topological polar surface area (TPSA) is 30.2 Å². The Kier molecular flexibility index (Phi) is 3.80. The van der Waals surface area contributed by atoms with Crippen molar-refractivity contribution >= 4 is 17.0 Å². The first-order valence-electron chi connectivity index (χ1n) is 8.53. The molecule has 3 nitrogen and oxygen atoms in total. The number of benzene rings is 2. The van der Waals surface area contributed by atoms with Gasteiger partial charge in [0.25, 0.3) is 0 Å². The summed E-state index contributed by atoms with van der Waals surface area (Å²) >= 11 is 1.63. The van der Waals surface area contributed by atoms with Crippen LogP contribution >= 0.6 is 11.3 Å². The van der Waals surface area contributed by atoms with Crippen molar-refractivity contribution in [1.82, 2.24) is 14.6 Å². The first kappa shape index (κ1) is 15.9.